The molecule has 2 heterocycles. The maximum Gasteiger partial charge on any atom is 0.251 e. The molecule has 4 rings (SSSR count). The fraction of sp³-hybridized carbons (Fsp3) is 0.478. The van der Waals surface area contributed by atoms with Crippen molar-refractivity contribution in [3.63, 3.8) is 0 Å². The summed E-state index contributed by atoms with van der Waals surface area (Å²) in [7, 11) is 0. The Kier molecular flexibility index (Phi) is 7.35. The Bertz CT molecular complexity index is 970. The number of piperazine rings is 1. The lowest BCUT2D eigenvalue weighted by Crippen LogP contribution is -2.53. The van der Waals surface area contributed by atoms with Crippen molar-refractivity contribution in [2.24, 2.45) is 5.73 Å². The first-order valence-corrected chi connectivity index (χ1v) is 12.2. The van der Waals surface area contributed by atoms with Gasteiger partial charge in [0.1, 0.15) is 17.4 Å². The van der Waals surface area contributed by atoms with Gasteiger partial charge in [-0.1, -0.05) is 11.6 Å². The number of nitrogens with zero attached hydrogens (tertiary/aromatic N) is 2. The van der Waals surface area contributed by atoms with Crippen molar-refractivity contribution in [2.45, 2.75) is 32.2 Å². The lowest BCUT2D eigenvalue weighted by molar-refractivity contribution is -0.121. The fourth-order valence-electron chi connectivity index (χ4n) is 4.33. The summed E-state index contributed by atoms with van der Waals surface area (Å²) in [5.41, 5.74) is 7.15. The van der Waals surface area contributed by atoms with Crippen molar-refractivity contribution in [1.82, 2.24) is 9.80 Å². The predicted molar refractivity (Wildman–Crippen MR) is 128 cm³/mol. The highest BCUT2D eigenvalue weighted by atomic mass is 35.5. The van der Waals surface area contributed by atoms with E-state index in [9.17, 15) is 9.59 Å². The molecule has 172 valence electrons. The van der Waals surface area contributed by atoms with Gasteiger partial charge in [-0.3, -0.25) is 19.4 Å². The number of aryl methyl sites for hydroxylation is 1. The Labute approximate surface area is 197 Å². The van der Waals surface area contributed by atoms with E-state index >= 15 is 0 Å². The van der Waals surface area contributed by atoms with Gasteiger partial charge in [-0.25, -0.2) is 0 Å². The van der Waals surface area contributed by atoms with E-state index in [1.54, 1.807) is 0 Å². The van der Waals surface area contributed by atoms with E-state index in [1.807, 2.05) is 31.2 Å². The van der Waals surface area contributed by atoms with E-state index in [-0.39, 0.29) is 11.9 Å². The largest absolute Gasteiger partial charge is 0.492 e. The monoisotopic (exact) mass is 476 g/mol. The molecule has 2 amide bonds. The molecule has 1 aromatic heterocycles. The lowest BCUT2D eigenvalue weighted by atomic mass is 10.1. The molecule has 2 aliphatic rings. The zero-order valence-electron chi connectivity index (χ0n) is 18.2. The van der Waals surface area contributed by atoms with Crippen molar-refractivity contribution in [3.05, 3.63) is 45.3 Å². The number of ether oxygens (including phenoxy) is 1. The summed E-state index contributed by atoms with van der Waals surface area (Å²) in [5.74, 6) is 0.266. The Morgan fingerprint density at radius 2 is 1.91 bits per heavy atom. The summed E-state index contributed by atoms with van der Waals surface area (Å²) in [5, 5.41) is 4.28. The lowest BCUT2D eigenvalue weighted by Gasteiger charge is -2.37. The molecule has 0 saturated carbocycles. The number of carbonyl (C=O) groups is 2. The number of thiophene rings is 1. The molecule has 0 unspecified atom stereocenters. The second kappa shape index (κ2) is 10.2. The number of benzene rings is 1. The molecule has 3 N–H and O–H groups in total. The van der Waals surface area contributed by atoms with Crippen LogP contribution in [0.15, 0.2) is 24.3 Å². The van der Waals surface area contributed by atoms with E-state index in [1.165, 1.54) is 16.2 Å². The van der Waals surface area contributed by atoms with Gasteiger partial charge in [0.05, 0.1) is 11.6 Å². The Morgan fingerprint density at radius 1 is 1.19 bits per heavy atom. The number of hydrogen-bond acceptors (Lipinski definition) is 6. The SMILES string of the molecule is C[C@H](C(=O)Nc1sc2c(c1C(N)=O)CCC2)N1CCN(CCOc2ccc(Cl)cc2)CC1. The van der Waals surface area contributed by atoms with Gasteiger partial charge in [0.15, 0.2) is 0 Å². The van der Waals surface area contributed by atoms with E-state index in [4.69, 9.17) is 22.1 Å². The topological polar surface area (TPSA) is 87.9 Å². The highest BCUT2D eigenvalue weighted by molar-refractivity contribution is 7.17. The van der Waals surface area contributed by atoms with E-state index in [2.05, 4.69) is 15.1 Å². The summed E-state index contributed by atoms with van der Waals surface area (Å²) in [6.07, 6.45) is 2.86. The minimum atomic E-state index is -0.457. The second-order valence-electron chi connectivity index (χ2n) is 8.27. The van der Waals surface area contributed by atoms with Crippen LogP contribution in [0.4, 0.5) is 5.00 Å². The molecular weight excluding hydrogens is 448 g/mol. The highest BCUT2D eigenvalue weighted by Crippen LogP contribution is 2.38. The van der Waals surface area contributed by atoms with Gasteiger partial charge in [-0.2, -0.15) is 0 Å². The molecule has 7 nitrogen and oxygen atoms in total. The van der Waals surface area contributed by atoms with Gasteiger partial charge in [0.2, 0.25) is 5.91 Å². The van der Waals surface area contributed by atoms with Gasteiger partial charge < -0.3 is 15.8 Å². The second-order valence-corrected chi connectivity index (χ2v) is 9.81. The van der Waals surface area contributed by atoms with Gasteiger partial charge in [-0.15, -0.1) is 11.3 Å². The fourth-order valence-corrected chi connectivity index (χ4v) is 5.76. The van der Waals surface area contributed by atoms with Gasteiger partial charge in [-0.05, 0) is 56.0 Å². The zero-order valence-corrected chi connectivity index (χ0v) is 19.8. The molecule has 1 fully saturated rings. The molecule has 1 aromatic carbocycles. The number of nitrogens with two attached hydrogens (primary N) is 1. The maximum atomic E-state index is 12.9. The first-order valence-electron chi connectivity index (χ1n) is 11.0. The van der Waals surface area contributed by atoms with Crippen molar-refractivity contribution in [2.75, 3.05) is 44.6 Å². The van der Waals surface area contributed by atoms with Crippen molar-refractivity contribution in [1.29, 1.82) is 0 Å². The Hall–Kier alpha value is -2.13. The van der Waals surface area contributed by atoms with Crippen LogP contribution in [0.25, 0.3) is 0 Å². The summed E-state index contributed by atoms with van der Waals surface area (Å²) in [4.78, 5) is 30.6. The quantitative estimate of drug-likeness (QED) is 0.611. The molecule has 1 atom stereocenters. The molecule has 1 aliphatic heterocycles. The van der Waals surface area contributed by atoms with Crippen molar-refractivity contribution >= 4 is 39.8 Å². The highest BCUT2D eigenvalue weighted by Gasteiger charge is 2.29. The van der Waals surface area contributed by atoms with Gasteiger partial charge in [0.25, 0.3) is 5.91 Å². The van der Waals surface area contributed by atoms with Crippen LogP contribution in [-0.4, -0.2) is 67.0 Å². The van der Waals surface area contributed by atoms with E-state index in [0.717, 1.165) is 63.3 Å². The molecule has 1 saturated heterocycles. The van der Waals surface area contributed by atoms with Crippen molar-refractivity contribution in [3.8, 4) is 5.75 Å². The molecule has 0 radical (unpaired) electrons. The predicted octanol–water partition coefficient (Wildman–Crippen LogP) is 3.01. The summed E-state index contributed by atoms with van der Waals surface area (Å²) in [6.45, 7) is 6.72. The normalized spacial score (nSPS) is 17.7. The Morgan fingerprint density at radius 3 is 2.59 bits per heavy atom. The molecule has 9 heteroatoms. The maximum absolute atomic E-state index is 12.9. The van der Waals surface area contributed by atoms with Gasteiger partial charge >= 0.3 is 0 Å². The number of primary amides is 1. The standard InChI is InChI=1S/C23H29ClN4O3S/c1-15(22(30)26-23-20(21(25)29)18-3-2-4-19(18)32-23)28-11-9-27(10-12-28)13-14-31-17-7-5-16(24)6-8-17/h5-8,15H,2-4,9-14H2,1H3,(H2,25,29)(H,26,30)/t15-/m1/s1. The van der Waals surface area contributed by atoms with Crippen LogP contribution in [0.5, 0.6) is 5.75 Å². The average molecular weight is 477 g/mol. The first-order chi connectivity index (χ1) is 15.4. The minimum absolute atomic E-state index is 0.0908. The smallest absolute Gasteiger partial charge is 0.251 e. The third-order valence-corrected chi connectivity index (χ3v) is 7.69. The number of halogens is 1. The minimum Gasteiger partial charge on any atom is -0.492 e. The van der Waals surface area contributed by atoms with Crippen LogP contribution in [0.1, 0.15) is 34.1 Å². The number of hydrogen-bond donors (Lipinski definition) is 2. The van der Waals surface area contributed by atoms with Crippen LogP contribution < -0.4 is 15.8 Å². The number of rotatable bonds is 8. The molecule has 0 bridgehead atoms. The van der Waals surface area contributed by atoms with Crippen LogP contribution >= 0.6 is 22.9 Å². The van der Waals surface area contributed by atoms with Crippen LogP contribution in [0.2, 0.25) is 5.02 Å². The average Bonchev–Trinajstić information content (AvgIpc) is 3.35. The third-order valence-electron chi connectivity index (χ3n) is 6.23. The van der Waals surface area contributed by atoms with Crippen molar-refractivity contribution < 1.29 is 14.3 Å². The summed E-state index contributed by atoms with van der Waals surface area (Å²) in [6, 6.07) is 7.09. The van der Waals surface area contributed by atoms with Crippen LogP contribution in [0.3, 0.4) is 0 Å². The number of nitrogens with one attached hydrogen (secondary N) is 1. The number of amides is 2. The van der Waals surface area contributed by atoms with Crippen LogP contribution in [-0.2, 0) is 17.6 Å². The van der Waals surface area contributed by atoms with E-state index < -0.39 is 5.91 Å². The molecular formula is C23H29ClN4O3S. The molecule has 2 aromatic rings. The zero-order chi connectivity index (χ0) is 22.7. The Balaban J connectivity index is 1.24. The molecule has 0 spiro atoms. The van der Waals surface area contributed by atoms with Crippen LogP contribution in [0, 0.1) is 0 Å². The summed E-state index contributed by atoms with van der Waals surface area (Å²) < 4.78 is 5.78. The number of fused-ring (bicyclic) bond motifs is 1. The number of carbonyl (C=O) groups excluding carboxylic acids is 2. The van der Waals surface area contributed by atoms with E-state index in [0.29, 0.717) is 22.2 Å². The number of anilines is 1. The van der Waals surface area contributed by atoms with Gasteiger partial charge in [0, 0.05) is 42.6 Å². The summed E-state index contributed by atoms with van der Waals surface area (Å²) >= 11 is 7.39. The molecule has 32 heavy (non-hydrogen) atoms. The first kappa shape index (κ1) is 23.0. The molecule has 1 aliphatic carbocycles. The third kappa shape index (κ3) is 5.26.